The van der Waals surface area contributed by atoms with Crippen molar-refractivity contribution >= 4 is 12.2 Å². The molecule has 2 aliphatic heterocycles. The number of rotatable bonds is 9. The van der Waals surface area contributed by atoms with Gasteiger partial charge in [-0.05, 0) is 110 Å². The number of aliphatic hydroxyl groups is 1. The van der Waals surface area contributed by atoms with Crippen molar-refractivity contribution in [3.05, 3.63) is 0 Å². The summed E-state index contributed by atoms with van der Waals surface area (Å²) in [4.78, 5) is 27.5. The number of hydrogen-bond acceptors (Lipinski definition) is 7. The Hall–Kier alpha value is -1.58. The first-order valence-corrected chi connectivity index (χ1v) is 19.5. The molecule has 12 atom stereocenters. The van der Waals surface area contributed by atoms with Gasteiger partial charge in [0.15, 0.2) is 0 Å². The summed E-state index contributed by atoms with van der Waals surface area (Å²) in [5.74, 6) is 1.90. The molecule has 5 saturated carbocycles. The highest BCUT2D eigenvalue weighted by Gasteiger charge is 2.83. The Balaban J connectivity index is 1.06. The molecule has 0 aromatic rings. The lowest BCUT2D eigenvalue weighted by Crippen LogP contribution is -2.60. The van der Waals surface area contributed by atoms with E-state index >= 15 is 0 Å². The van der Waals surface area contributed by atoms with Gasteiger partial charge in [0.1, 0.15) is 12.2 Å². The van der Waals surface area contributed by atoms with Crippen molar-refractivity contribution in [3.63, 3.8) is 0 Å². The van der Waals surface area contributed by atoms with Gasteiger partial charge in [-0.3, -0.25) is 0 Å². The molecule has 7 aliphatic rings. The normalized spacial score (nSPS) is 44.5. The fourth-order valence-corrected chi connectivity index (χ4v) is 13.4. The molecule has 9 nitrogen and oxygen atoms in total. The molecule has 2 heterocycles. The third kappa shape index (κ3) is 4.92. The van der Waals surface area contributed by atoms with Gasteiger partial charge in [0.2, 0.25) is 0 Å². The minimum atomic E-state index is -0.324. The van der Waals surface area contributed by atoms with Gasteiger partial charge in [-0.1, -0.05) is 48.5 Å². The number of nitrogens with zero attached hydrogens (tertiary/aromatic N) is 1. The largest absolute Gasteiger partial charge is 0.446 e. The molecule has 272 valence electrons. The molecule has 3 N–H and O–H groups in total. The third-order valence-corrected chi connectivity index (χ3v) is 16.5. The van der Waals surface area contributed by atoms with Crippen LogP contribution >= 0.6 is 0 Å². The van der Waals surface area contributed by atoms with Gasteiger partial charge in [0.05, 0.1) is 18.2 Å². The standard InChI is InChI=1S/C39H65N3O6/c1-23(2)32(48-34(45)42-16-9-17-42)27(46-8)18-24(3)26-19-30(43)37(7)29-11-10-28-35(4,5)31(47-33(44)41-25-20-40-21-25)12-13-38(28)22-39(29,38)15-14-36(26,37)6/h23-32,40,43H,9-22H2,1-8H3,(H,41,44)/t24-,26-,27?,28+,29?,30+,31+,32-,36-,37-,38-,39?/m1/s1. The van der Waals surface area contributed by atoms with Crippen LogP contribution in [0, 0.1) is 56.7 Å². The number of hydrogen-bond donors (Lipinski definition) is 3. The highest BCUT2D eigenvalue weighted by molar-refractivity contribution is 5.69. The molecule has 5 aliphatic carbocycles. The Bertz CT molecular complexity index is 1250. The second-order valence-electron chi connectivity index (χ2n) is 18.9. The van der Waals surface area contributed by atoms with E-state index in [2.05, 4.69) is 59.1 Å². The highest BCUT2D eigenvalue weighted by atomic mass is 16.6. The number of nitrogens with one attached hydrogen (secondary N) is 2. The first-order chi connectivity index (χ1) is 22.6. The molecule has 2 saturated heterocycles. The fraction of sp³-hybridized carbons (Fsp3) is 0.949. The van der Waals surface area contributed by atoms with Crippen LogP contribution in [-0.4, -0.2) is 85.9 Å². The van der Waals surface area contributed by atoms with Crippen molar-refractivity contribution in [2.75, 3.05) is 33.3 Å². The molecule has 3 unspecified atom stereocenters. The lowest BCUT2D eigenvalue weighted by molar-refractivity contribution is -0.182. The number of ether oxygens (including phenoxy) is 3. The van der Waals surface area contributed by atoms with Gasteiger partial charge >= 0.3 is 12.2 Å². The third-order valence-electron chi connectivity index (χ3n) is 16.5. The zero-order chi connectivity index (χ0) is 34.4. The number of carbonyl (C=O) groups excluding carboxylic acids is 2. The summed E-state index contributed by atoms with van der Waals surface area (Å²) >= 11 is 0. The Kier molecular flexibility index (Phi) is 8.71. The van der Waals surface area contributed by atoms with E-state index < -0.39 is 0 Å². The smallest absolute Gasteiger partial charge is 0.410 e. The molecular formula is C39H65N3O6. The van der Waals surface area contributed by atoms with Crippen molar-refractivity contribution in [2.45, 2.75) is 143 Å². The summed E-state index contributed by atoms with van der Waals surface area (Å²) in [7, 11) is 1.76. The first kappa shape index (κ1) is 34.9. The second kappa shape index (κ2) is 12.0. The maximum atomic E-state index is 12.8. The van der Waals surface area contributed by atoms with Crippen LogP contribution in [-0.2, 0) is 14.2 Å². The van der Waals surface area contributed by atoms with E-state index in [1.54, 1.807) is 12.0 Å². The number of aliphatic hydroxyl groups excluding tert-OH is 1. The van der Waals surface area contributed by atoms with Crippen LogP contribution in [0.2, 0.25) is 0 Å². The summed E-state index contributed by atoms with van der Waals surface area (Å²) in [6, 6.07) is 0.184. The van der Waals surface area contributed by atoms with E-state index in [1.165, 1.54) is 12.8 Å². The number of fused-ring (bicyclic) bond motifs is 2. The molecule has 0 bridgehead atoms. The van der Waals surface area contributed by atoms with E-state index in [-0.39, 0.29) is 70.2 Å². The molecule has 0 radical (unpaired) electrons. The average molecular weight is 672 g/mol. The zero-order valence-corrected chi connectivity index (χ0v) is 31.1. The molecule has 7 fully saturated rings. The zero-order valence-electron chi connectivity index (χ0n) is 31.1. The van der Waals surface area contributed by atoms with Crippen molar-refractivity contribution in [1.82, 2.24) is 15.5 Å². The summed E-state index contributed by atoms with van der Waals surface area (Å²) in [6.45, 7) is 19.5. The van der Waals surface area contributed by atoms with Crippen LogP contribution in [0.1, 0.15) is 113 Å². The summed E-state index contributed by atoms with van der Waals surface area (Å²) in [5, 5.41) is 18.5. The van der Waals surface area contributed by atoms with Crippen LogP contribution in [0.25, 0.3) is 0 Å². The number of carbonyl (C=O) groups is 2. The van der Waals surface area contributed by atoms with Gasteiger partial charge in [0.25, 0.3) is 0 Å². The quantitative estimate of drug-likeness (QED) is 0.261. The lowest BCUT2D eigenvalue weighted by atomic mass is 9.41. The van der Waals surface area contributed by atoms with Gasteiger partial charge in [-0.25, -0.2) is 9.59 Å². The van der Waals surface area contributed by atoms with Crippen LogP contribution < -0.4 is 10.6 Å². The van der Waals surface area contributed by atoms with E-state index in [0.717, 1.165) is 77.5 Å². The molecule has 9 heteroatoms. The Morgan fingerprint density at radius 1 is 0.979 bits per heavy atom. The van der Waals surface area contributed by atoms with Crippen molar-refractivity contribution < 1.29 is 28.9 Å². The second-order valence-corrected chi connectivity index (χ2v) is 18.9. The van der Waals surface area contributed by atoms with E-state index in [1.807, 2.05) is 0 Å². The molecule has 0 aromatic heterocycles. The topological polar surface area (TPSA) is 109 Å². The molecule has 0 aromatic carbocycles. The predicted molar refractivity (Wildman–Crippen MR) is 184 cm³/mol. The number of amides is 2. The van der Waals surface area contributed by atoms with Crippen molar-refractivity contribution in [1.29, 1.82) is 0 Å². The summed E-state index contributed by atoms with van der Waals surface area (Å²) in [5.41, 5.74) is 0.400. The van der Waals surface area contributed by atoms with Gasteiger partial charge in [-0.15, -0.1) is 0 Å². The Labute approximate surface area is 289 Å². The van der Waals surface area contributed by atoms with Crippen LogP contribution in [0.4, 0.5) is 9.59 Å². The number of alkyl carbamates (subject to hydrolysis) is 1. The monoisotopic (exact) mass is 671 g/mol. The first-order valence-electron chi connectivity index (χ1n) is 19.5. The van der Waals surface area contributed by atoms with E-state index in [9.17, 15) is 14.7 Å². The minimum Gasteiger partial charge on any atom is -0.446 e. The molecule has 48 heavy (non-hydrogen) atoms. The molecule has 7 rings (SSSR count). The molecular weight excluding hydrogens is 606 g/mol. The van der Waals surface area contributed by atoms with Gasteiger partial charge < -0.3 is 34.9 Å². The Morgan fingerprint density at radius 2 is 1.67 bits per heavy atom. The fourth-order valence-electron chi connectivity index (χ4n) is 13.4. The number of likely N-dealkylation sites (tertiary alicyclic amines) is 1. The number of methoxy groups -OCH3 is 1. The molecule has 2 spiro atoms. The van der Waals surface area contributed by atoms with Crippen LogP contribution in [0.15, 0.2) is 0 Å². The van der Waals surface area contributed by atoms with Crippen LogP contribution in [0.5, 0.6) is 0 Å². The van der Waals surface area contributed by atoms with Crippen LogP contribution in [0.3, 0.4) is 0 Å². The lowest BCUT2D eigenvalue weighted by Gasteiger charge is -2.63. The molecule has 2 amide bonds. The van der Waals surface area contributed by atoms with Gasteiger partial charge in [-0.2, -0.15) is 0 Å². The van der Waals surface area contributed by atoms with Crippen molar-refractivity contribution in [3.8, 4) is 0 Å². The van der Waals surface area contributed by atoms with Crippen molar-refractivity contribution in [2.24, 2.45) is 56.7 Å². The van der Waals surface area contributed by atoms with E-state index in [0.29, 0.717) is 29.1 Å². The Morgan fingerprint density at radius 3 is 2.27 bits per heavy atom. The predicted octanol–water partition coefficient (Wildman–Crippen LogP) is 6.37. The maximum absolute atomic E-state index is 12.8. The van der Waals surface area contributed by atoms with Gasteiger partial charge in [0, 0.05) is 44.1 Å². The average Bonchev–Trinajstić information content (AvgIpc) is 3.60. The summed E-state index contributed by atoms with van der Waals surface area (Å²) in [6.07, 6.45) is 9.39. The highest BCUT2D eigenvalue weighted by Crippen LogP contribution is 2.89. The SMILES string of the molecule is COC(C[C@@H](C)[C@H]1C[C@H](O)[C@@]2(C)C3CC[C@H]4C(C)(C)[C@@H](OC(=O)NC5CNC5)CC[C@@]45CC35CC[C@]12C)[C@H](OC(=O)N1CCC1)C(C)C. The van der Waals surface area contributed by atoms with E-state index in [4.69, 9.17) is 14.2 Å². The minimum absolute atomic E-state index is 0.0304. The maximum Gasteiger partial charge on any atom is 0.410 e. The summed E-state index contributed by atoms with van der Waals surface area (Å²) < 4.78 is 18.4.